The first kappa shape index (κ1) is 23.3. The van der Waals surface area contributed by atoms with E-state index in [1.807, 2.05) is 0 Å². The fourth-order valence-corrected chi connectivity index (χ4v) is 4.69. The van der Waals surface area contributed by atoms with Crippen molar-refractivity contribution in [3.63, 3.8) is 0 Å². The maximum absolute atomic E-state index is 14.3. The van der Waals surface area contributed by atoms with Crippen molar-refractivity contribution in [3.05, 3.63) is 62.5 Å². The third kappa shape index (κ3) is 4.92. The van der Waals surface area contributed by atoms with Crippen LogP contribution in [-0.2, 0) is 19.1 Å². The standard InChI is InChI=1S/C22H22ClFN4O4S/c1-3-31-22(30)16-18(13-5-4-6-14(24)17(13)23)27-20(21-25-7-8-33-21)28-19(16)15-9-12(10-32-15)26-11(2)29/h4-8,12,15,18H,3,9-10H2,1-2H3,(H,26,29)(H,27,28)/t12-,15-,18?/m1/s1. The first-order valence-corrected chi connectivity index (χ1v) is 11.6. The number of benzene rings is 1. The average Bonchev–Trinajstić information content (AvgIpc) is 3.47. The summed E-state index contributed by atoms with van der Waals surface area (Å²) in [5, 5.41) is 8.29. The largest absolute Gasteiger partial charge is 0.463 e. The number of carbonyl (C=O) groups is 2. The highest BCUT2D eigenvalue weighted by Gasteiger charge is 2.40. The number of nitrogens with one attached hydrogen (secondary N) is 2. The molecule has 0 saturated carbocycles. The fraction of sp³-hybridized carbons (Fsp3) is 0.364. The number of carbonyl (C=O) groups excluding carboxylic acids is 2. The zero-order valence-electron chi connectivity index (χ0n) is 17.9. The topological polar surface area (TPSA) is 102 Å². The number of esters is 1. The molecule has 0 spiro atoms. The molecule has 0 bridgehead atoms. The lowest BCUT2D eigenvalue weighted by Crippen LogP contribution is -2.39. The molecule has 3 heterocycles. The van der Waals surface area contributed by atoms with E-state index >= 15 is 0 Å². The second-order valence-corrected chi connectivity index (χ2v) is 8.76. The molecule has 1 saturated heterocycles. The van der Waals surface area contributed by atoms with E-state index in [1.165, 1.54) is 30.4 Å². The van der Waals surface area contributed by atoms with Gasteiger partial charge in [-0.3, -0.25) is 9.79 Å². The Morgan fingerprint density at radius 1 is 1.42 bits per heavy atom. The van der Waals surface area contributed by atoms with Gasteiger partial charge in [-0.15, -0.1) is 11.3 Å². The highest BCUT2D eigenvalue weighted by Crippen LogP contribution is 2.39. The van der Waals surface area contributed by atoms with Crippen LogP contribution in [0.3, 0.4) is 0 Å². The van der Waals surface area contributed by atoms with Crippen LogP contribution in [-0.4, -0.2) is 48.1 Å². The average molecular weight is 493 g/mol. The highest BCUT2D eigenvalue weighted by molar-refractivity contribution is 7.11. The Labute approximate surface area is 198 Å². The Hall–Kier alpha value is -2.82. The lowest BCUT2D eigenvalue weighted by molar-refractivity contribution is -0.139. The van der Waals surface area contributed by atoms with E-state index in [0.717, 1.165) is 0 Å². The van der Waals surface area contributed by atoms with Gasteiger partial charge in [0.1, 0.15) is 18.0 Å². The summed E-state index contributed by atoms with van der Waals surface area (Å²) in [4.78, 5) is 33.6. The van der Waals surface area contributed by atoms with Gasteiger partial charge in [0, 0.05) is 30.5 Å². The van der Waals surface area contributed by atoms with Crippen LogP contribution in [0.25, 0.3) is 0 Å². The number of amidine groups is 1. The summed E-state index contributed by atoms with van der Waals surface area (Å²) in [5.74, 6) is -0.995. The summed E-state index contributed by atoms with van der Waals surface area (Å²) in [6, 6.07) is 3.22. The van der Waals surface area contributed by atoms with Crippen molar-refractivity contribution in [2.24, 2.45) is 4.99 Å². The van der Waals surface area contributed by atoms with Gasteiger partial charge >= 0.3 is 5.97 Å². The van der Waals surface area contributed by atoms with E-state index in [1.54, 1.807) is 24.6 Å². The predicted molar refractivity (Wildman–Crippen MR) is 122 cm³/mol. The lowest BCUT2D eigenvalue weighted by Gasteiger charge is -2.29. The van der Waals surface area contributed by atoms with Crippen LogP contribution in [0.5, 0.6) is 0 Å². The van der Waals surface area contributed by atoms with E-state index in [2.05, 4.69) is 20.6 Å². The van der Waals surface area contributed by atoms with Crippen molar-refractivity contribution in [2.45, 2.75) is 38.5 Å². The van der Waals surface area contributed by atoms with Gasteiger partial charge in [-0.05, 0) is 13.0 Å². The SMILES string of the molecule is CCOC(=O)C1=C([C@H]2C[C@@H](NC(C)=O)CO2)NC(c2nccs2)=NC1c1cccc(F)c1Cl. The molecule has 33 heavy (non-hydrogen) atoms. The molecule has 3 atom stereocenters. The number of thiazole rings is 1. The van der Waals surface area contributed by atoms with E-state index < -0.39 is 23.9 Å². The monoisotopic (exact) mass is 492 g/mol. The van der Waals surface area contributed by atoms with Crippen LogP contribution in [0.4, 0.5) is 4.39 Å². The Kier molecular flexibility index (Phi) is 7.06. The van der Waals surface area contributed by atoms with Crippen LogP contribution >= 0.6 is 22.9 Å². The summed E-state index contributed by atoms with van der Waals surface area (Å²) in [5.41, 5.74) is 0.939. The van der Waals surface area contributed by atoms with Crippen LogP contribution in [0.1, 0.15) is 36.9 Å². The number of halogens is 2. The Morgan fingerprint density at radius 3 is 2.94 bits per heavy atom. The summed E-state index contributed by atoms with van der Waals surface area (Å²) in [7, 11) is 0. The maximum atomic E-state index is 14.3. The van der Waals surface area contributed by atoms with Gasteiger partial charge in [0.05, 0.1) is 35.5 Å². The van der Waals surface area contributed by atoms with Crippen molar-refractivity contribution < 1.29 is 23.5 Å². The molecule has 0 radical (unpaired) electrons. The number of ether oxygens (including phenoxy) is 2. The van der Waals surface area contributed by atoms with Crippen molar-refractivity contribution in [1.29, 1.82) is 0 Å². The fourth-order valence-electron chi connectivity index (χ4n) is 3.87. The van der Waals surface area contributed by atoms with E-state index in [0.29, 0.717) is 28.5 Å². The third-order valence-corrected chi connectivity index (χ3v) is 6.39. The summed E-state index contributed by atoms with van der Waals surface area (Å²) < 4.78 is 25.6. The first-order valence-electron chi connectivity index (χ1n) is 10.4. The molecule has 1 unspecified atom stereocenters. The van der Waals surface area contributed by atoms with Gasteiger partial charge < -0.3 is 20.1 Å². The molecule has 4 rings (SSSR count). The summed E-state index contributed by atoms with van der Waals surface area (Å²) in [6.45, 7) is 3.55. The van der Waals surface area contributed by atoms with E-state index in [9.17, 15) is 14.0 Å². The van der Waals surface area contributed by atoms with E-state index in [4.69, 9.17) is 21.1 Å². The quantitative estimate of drug-likeness (QED) is 0.601. The minimum atomic E-state index is -0.939. The summed E-state index contributed by atoms with van der Waals surface area (Å²) >= 11 is 7.66. The van der Waals surface area contributed by atoms with Gasteiger partial charge in [-0.1, -0.05) is 23.7 Å². The zero-order valence-corrected chi connectivity index (χ0v) is 19.5. The van der Waals surface area contributed by atoms with Gasteiger partial charge in [0.15, 0.2) is 10.8 Å². The third-order valence-electron chi connectivity index (χ3n) is 5.21. The van der Waals surface area contributed by atoms with Crippen LogP contribution in [0, 0.1) is 5.82 Å². The van der Waals surface area contributed by atoms with Crippen molar-refractivity contribution >= 4 is 40.6 Å². The van der Waals surface area contributed by atoms with Gasteiger partial charge in [-0.2, -0.15) is 0 Å². The maximum Gasteiger partial charge on any atom is 0.338 e. The molecule has 1 amide bonds. The number of amides is 1. The van der Waals surface area contributed by atoms with Crippen molar-refractivity contribution in [1.82, 2.24) is 15.6 Å². The molecular weight excluding hydrogens is 471 g/mol. The minimum absolute atomic E-state index is 0.128. The zero-order chi connectivity index (χ0) is 23.5. The molecule has 2 aromatic rings. The van der Waals surface area contributed by atoms with Gasteiger partial charge in [-0.25, -0.2) is 14.2 Å². The second-order valence-electron chi connectivity index (χ2n) is 7.49. The van der Waals surface area contributed by atoms with Gasteiger partial charge in [0.2, 0.25) is 5.91 Å². The van der Waals surface area contributed by atoms with Crippen LogP contribution in [0.15, 0.2) is 46.0 Å². The number of hydrogen-bond acceptors (Lipinski definition) is 8. The molecule has 1 aromatic heterocycles. The number of rotatable bonds is 6. The Balaban J connectivity index is 1.84. The Bertz CT molecular complexity index is 1120. The molecule has 1 aromatic carbocycles. The lowest BCUT2D eigenvalue weighted by atomic mass is 9.92. The molecule has 8 nitrogen and oxygen atoms in total. The predicted octanol–water partition coefficient (Wildman–Crippen LogP) is 3.14. The molecule has 2 aliphatic rings. The number of aromatic nitrogens is 1. The molecule has 174 valence electrons. The Morgan fingerprint density at radius 2 is 2.24 bits per heavy atom. The summed E-state index contributed by atoms with van der Waals surface area (Å²) in [6.07, 6.45) is 1.51. The van der Waals surface area contributed by atoms with Crippen LogP contribution < -0.4 is 10.6 Å². The second kappa shape index (κ2) is 9.98. The van der Waals surface area contributed by atoms with Gasteiger partial charge in [0.25, 0.3) is 0 Å². The molecule has 1 fully saturated rings. The smallest absolute Gasteiger partial charge is 0.338 e. The molecular formula is C22H22ClFN4O4S. The number of hydrogen-bond donors (Lipinski definition) is 2. The highest BCUT2D eigenvalue weighted by atomic mass is 35.5. The normalized spacial score (nSPS) is 22.5. The molecule has 2 aliphatic heterocycles. The number of nitrogens with zero attached hydrogens (tertiary/aromatic N) is 2. The van der Waals surface area contributed by atoms with E-state index in [-0.39, 0.29) is 35.8 Å². The number of aliphatic imine (C=N–C) groups is 1. The first-order chi connectivity index (χ1) is 15.9. The molecule has 0 aliphatic carbocycles. The van der Waals surface area contributed by atoms with Crippen LogP contribution in [0.2, 0.25) is 5.02 Å². The van der Waals surface area contributed by atoms with Crippen molar-refractivity contribution in [3.8, 4) is 0 Å². The molecule has 2 N–H and O–H groups in total. The van der Waals surface area contributed by atoms with Crippen molar-refractivity contribution in [2.75, 3.05) is 13.2 Å². The minimum Gasteiger partial charge on any atom is -0.463 e. The molecule has 11 heteroatoms.